The molecule has 0 heterocycles. The lowest BCUT2D eigenvalue weighted by molar-refractivity contribution is -0.138. The molecule has 0 aliphatic rings. The number of hydrogen-bond donors (Lipinski definition) is 3. The van der Waals surface area contributed by atoms with Crippen LogP contribution in [0.1, 0.15) is 69.1 Å². The van der Waals surface area contributed by atoms with Crippen LogP contribution in [0.15, 0.2) is 34.8 Å². The molecule has 0 saturated heterocycles. The van der Waals surface area contributed by atoms with Crippen LogP contribution in [0.25, 0.3) is 0 Å². The Kier molecular flexibility index (Phi) is 8.11. The van der Waals surface area contributed by atoms with Crippen LogP contribution >= 0.6 is 15.9 Å². The van der Waals surface area contributed by atoms with Gasteiger partial charge in [0.25, 0.3) is 0 Å². The maximum absolute atomic E-state index is 11.2. The number of phenols is 1. The zero-order valence-corrected chi connectivity index (χ0v) is 19.0. The normalized spacial score (nSPS) is 14.3. The summed E-state index contributed by atoms with van der Waals surface area (Å²) >= 11 is 3.33. The number of aromatic hydroxyl groups is 1. The molecule has 0 aromatic heterocycles. The maximum atomic E-state index is 11.2. The molecule has 29 heavy (non-hydrogen) atoms. The molecule has 2 unspecified atom stereocenters. The maximum Gasteiger partial charge on any atom is 0.320 e. The van der Waals surface area contributed by atoms with E-state index >= 15 is 0 Å². The van der Waals surface area contributed by atoms with Crippen molar-refractivity contribution in [2.45, 2.75) is 64.8 Å². The van der Waals surface area contributed by atoms with Crippen LogP contribution in [0.2, 0.25) is 0 Å². The second-order valence-corrected chi connectivity index (χ2v) is 8.44. The van der Waals surface area contributed by atoms with Gasteiger partial charge in [0.1, 0.15) is 23.3 Å². The van der Waals surface area contributed by atoms with E-state index < -0.39 is 12.0 Å². The molecule has 2 rings (SSSR count). The predicted molar refractivity (Wildman–Crippen MR) is 119 cm³/mol. The Balaban J connectivity index is 2.60. The molecule has 0 bridgehead atoms. The lowest BCUT2D eigenvalue weighted by atomic mass is 9.87. The lowest BCUT2D eigenvalue weighted by Crippen LogP contribution is -2.32. The zero-order valence-electron chi connectivity index (χ0n) is 17.4. The summed E-state index contributed by atoms with van der Waals surface area (Å²) in [5, 5.41) is 19.0. The van der Waals surface area contributed by atoms with Crippen molar-refractivity contribution < 1.29 is 19.7 Å². The lowest BCUT2D eigenvalue weighted by Gasteiger charge is -2.24. The van der Waals surface area contributed by atoms with E-state index in [9.17, 15) is 15.0 Å². The summed E-state index contributed by atoms with van der Waals surface area (Å²) in [5.41, 5.74) is 8.79. The SMILES string of the molecule is CCC(C)c1cc(C[C@H](N)C(=O)O)cc(C(C)CC)c1Oc1ccc(O)c(Br)c1. The number of benzene rings is 2. The minimum absolute atomic E-state index is 0.152. The van der Waals surface area contributed by atoms with E-state index in [2.05, 4.69) is 43.6 Å². The summed E-state index contributed by atoms with van der Waals surface area (Å²) in [5.74, 6) is 1.04. The van der Waals surface area contributed by atoms with Crippen LogP contribution in [-0.2, 0) is 11.2 Å². The summed E-state index contributed by atoms with van der Waals surface area (Å²) in [7, 11) is 0. The Bertz CT molecular complexity index is 837. The van der Waals surface area contributed by atoms with Gasteiger partial charge in [-0.05, 0) is 81.9 Å². The van der Waals surface area contributed by atoms with Crippen molar-refractivity contribution in [3.05, 3.63) is 51.5 Å². The molecule has 0 amide bonds. The van der Waals surface area contributed by atoms with Crippen molar-refractivity contribution in [2.24, 2.45) is 5.73 Å². The second-order valence-electron chi connectivity index (χ2n) is 7.59. The van der Waals surface area contributed by atoms with E-state index in [1.807, 2.05) is 12.1 Å². The predicted octanol–water partition coefficient (Wildman–Crippen LogP) is 5.93. The molecule has 0 aliphatic carbocycles. The first-order chi connectivity index (χ1) is 13.7. The van der Waals surface area contributed by atoms with Gasteiger partial charge in [0, 0.05) is 0 Å². The Morgan fingerprint density at radius 3 is 2.10 bits per heavy atom. The molecule has 0 spiro atoms. The summed E-state index contributed by atoms with van der Waals surface area (Å²) in [6.07, 6.45) is 2.11. The van der Waals surface area contributed by atoms with E-state index in [0.717, 1.165) is 35.3 Å². The Morgan fingerprint density at radius 1 is 1.10 bits per heavy atom. The van der Waals surface area contributed by atoms with Crippen molar-refractivity contribution in [2.75, 3.05) is 0 Å². The van der Waals surface area contributed by atoms with Gasteiger partial charge < -0.3 is 20.7 Å². The van der Waals surface area contributed by atoms with Crippen LogP contribution in [0, 0.1) is 0 Å². The average molecular weight is 464 g/mol. The number of rotatable bonds is 9. The second kappa shape index (κ2) is 10.1. The third-order valence-corrected chi connectivity index (χ3v) is 6.04. The smallest absolute Gasteiger partial charge is 0.320 e. The average Bonchev–Trinajstić information content (AvgIpc) is 2.70. The third-order valence-electron chi connectivity index (χ3n) is 5.40. The minimum atomic E-state index is -1.01. The number of carboxylic acid groups (broad SMARTS) is 1. The van der Waals surface area contributed by atoms with E-state index in [0.29, 0.717) is 10.2 Å². The van der Waals surface area contributed by atoms with E-state index in [1.165, 1.54) is 0 Å². The van der Waals surface area contributed by atoms with E-state index in [4.69, 9.17) is 10.5 Å². The van der Waals surface area contributed by atoms with Crippen LogP contribution in [0.5, 0.6) is 17.2 Å². The van der Waals surface area contributed by atoms with Crippen molar-refractivity contribution in [3.8, 4) is 17.2 Å². The van der Waals surface area contributed by atoms with Gasteiger partial charge >= 0.3 is 5.97 Å². The van der Waals surface area contributed by atoms with Gasteiger partial charge in [-0.3, -0.25) is 4.79 Å². The highest BCUT2D eigenvalue weighted by Crippen LogP contribution is 2.41. The topological polar surface area (TPSA) is 92.8 Å². The Hall–Kier alpha value is -2.05. The fraction of sp³-hybridized carbons (Fsp3) is 0.435. The largest absolute Gasteiger partial charge is 0.507 e. The van der Waals surface area contributed by atoms with Gasteiger partial charge in [-0.25, -0.2) is 0 Å². The summed E-state index contributed by atoms with van der Waals surface area (Å²) in [6, 6.07) is 8.16. The first kappa shape index (κ1) is 23.2. The number of hydrogen-bond acceptors (Lipinski definition) is 4. The van der Waals surface area contributed by atoms with E-state index in [1.54, 1.807) is 18.2 Å². The number of carboxylic acids is 1. The van der Waals surface area contributed by atoms with Gasteiger partial charge in [0.05, 0.1) is 4.47 Å². The summed E-state index contributed by atoms with van der Waals surface area (Å²) in [6.45, 7) is 8.50. The molecule has 3 atom stereocenters. The highest BCUT2D eigenvalue weighted by atomic mass is 79.9. The standard InChI is InChI=1S/C23H30BrNO4/c1-5-13(3)17-9-15(11-20(25)23(27)28)10-18(14(4)6-2)22(17)29-16-7-8-21(26)19(24)12-16/h7-10,12-14,20,26H,5-6,11,25H2,1-4H3,(H,27,28)/t13?,14?,20-/m0/s1. The van der Waals surface area contributed by atoms with Gasteiger partial charge in [-0.1, -0.05) is 39.8 Å². The quantitative estimate of drug-likeness (QED) is 0.428. The van der Waals surface area contributed by atoms with Gasteiger partial charge in [-0.2, -0.15) is 0 Å². The zero-order chi connectivity index (χ0) is 21.7. The first-order valence-corrected chi connectivity index (χ1v) is 10.8. The molecular formula is C23H30BrNO4. The number of halogens is 1. The first-order valence-electron chi connectivity index (χ1n) is 9.99. The van der Waals surface area contributed by atoms with Gasteiger partial charge in [0.2, 0.25) is 0 Å². The van der Waals surface area contributed by atoms with Crippen LogP contribution < -0.4 is 10.5 Å². The molecule has 5 nitrogen and oxygen atoms in total. The van der Waals surface area contributed by atoms with Gasteiger partial charge in [0.15, 0.2) is 0 Å². The molecule has 0 fully saturated rings. The highest BCUT2D eigenvalue weighted by Gasteiger charge is 2.22. The number of nitrogens with two attached hydrogens (primary N) is 1. The number of carbonyl (C=O) groups is 1. The molecule has 0 saturated carbocycles. The third kappa shape index (κ3) is 5.73. The minimum Gasteiger partial charge on any atom is -0.507 e. The Labute approximate surface area is 181 Å². The Morgan fingerprint density at radius 2 is 1.66 bits per heavy atom. The van der Waals surface area contributed by atoms with Crippen molar-refractivity contribution >= 4 is 21.9 Å². The molecular weight excluding hydrogens is 434 g/mol. The number of aliphatic carboxylic acids is 1. The van der Waals surface area contributed by atoms with Crippen molar-refractivity contribution in [1.29, 1.82) is 0 Å². The molecule has 158 valence electrons. The molecule has 0 aliphatic heterocycles. The fourth-order valence-corrected chi connectivity index (χ4v) is 3.51. The molecule has 4 N–H and O–H groups in total. The summed E-state index contributed by atoms with van der Waals surface area (Å²) in [4.78, 5) is 11.2. The number of phenolic OH excluding ortho intramolecular Hbond substituents is 1. The molecule has 6 heteroatoms. The molecule has 0 radical (unpaired) electrons. The summed E-state index contributed by atoms with van der Waals surface area (Å²) < 4.78 is 6.91. The number of ether oxygens (including phenoxy) is 1. The van der Waals surface area contributed by atoms with Crippen LogP contribution in [0.3, 0.4) is 0 Å². The van der Waals surface area contributed by atoms with Crippen molar-refractivity contribution in [1.82, 2.24) is 0 Å². The van der Waals surface area contributed by atoms with Crippen LogP contribution in [-0.4, -0.2) is 22.2 Å². The monoisotopic (exact) mass is 463 g/mol. The van der Waals surface area contributed by atoms with Crippen LogP contribution in [0.4, 0.5) is 0 Å². The highest BCUT2D eigenvalue weighted by molar-refractivity contribution is 9.10. The van der Waals surface area contributed by atoms with Crippen molar-refractivity contribution in [3.63, 3.8) is 0 Å². The van der Waals surface area contributed by atoms with E-state index in [-0.39, 0.29) is 24.0 Å². The molecule has 2 aromatic rings. The molecule has 2 aromatic carbocycles. The fourth-order valence-electron chi connectivity index (χ4n) is 3.16. The van der Waals surface area contributed by atoms with Gasteiger partial charge in [-0.15, -0.1) is 0 Å².